The van der Waals surface area contributed by atoms with Gasteiger partial charge in [-0.05, 0) is 13.8 Å². The molecular formula is C13H28N2O3. The van der Waals surface area contributed by atoms with Gasteiger partial charge in [-0.2, -0.15) is 0 Å². The minimum atomic E-state index is 0.245. The Morgan fingerprint density at radius 2 is 2.11 bits per heavy atom. The molecule has 0 bridgehead atoms. The first-order valence-electron chi connectivity index (χ1n) is 6.76. The van der Waals surface area contributed by atoms with E-state index in [4.69, 9.17) is 14.2 Å². The summed E-state index contributed by atoms with van der Waals surface area (Å²) in [4.78, 5) is 2.41. The van der Waals surface area contributed by atoms with E-state index >= 15 is 0 Å². The maximum absolute atomic E-state index is 5.84. The Balaban J connectivity index is 2.55. The number of ether oxygens (including phenoxy) is 3. The molecule has 1 heterocycles. The van der Waals surface area contributed by atoms with Gasteiger partial charge < -0.3 is 19.5 Å². The molecule has 1 aliphatic heterocycles. The summed E-state index contributed by atoms with van der Waals surface area (Å²) in [6.45, 7) is 9.45. The molecule has 0 saturated carbocycles. The third-order valence-corrected chi connectivity index (χ3v) is 3.55. The van der Waals surface area contributed by atoms with Crippen LogP contribution in [0, 0.1) is 0 Å². The highest BCUT2D eigenvalue weighted by Crippen LogP contribution is 2.13. The van der Waals surface area contributed by atoms with E-state index < -0.39 is 0 Å². The number of nitrogens with zero attached hydrogens (tertiary/aromatic N) is 1. The summed E-state index contributed by atoms with van der Waals surface area (Å²) in [5, 5.41) is 3.38. The van der Waals surface area contributed by atoms with Crippen LogP contribution >= 0.6 is 0 Å². The minimum Gasteiger partial charge on any atom is -0.383 e. The Hall–Kier alpha value is -0.200. The number of hydrogen-bond acceptors (Lipinski definition) is 5. The van der Waals surface area contributed by atoms with Crippen molar-refractivity contribution in [1.29, 1.82) is 0 Å². The molecule has 18 heavy (non-hydrogen) atoms. The van der Waals surface area contributed by atoms with Crippen molar-refractivity contribution in [1.82, 2.24) is 10.2 Å². The Kier molecular flexibility index (Phi) is 7.77. The van der Waals surface area contributed by atoms with Crippen LogP contribution in [-0.4, -0.2) is 76.8 Å². The van der Waals surface area contributed by atoms with Crippen LogP contribution < -0.4 is 5.32 Å². The highest BCUT2D eigenvalue weighted by atomic mass is 16.5. The summed E-state index contributed by atoms with van der Waals surface area (Å²) in [5.41, 5.74) is 0. The van der Waals surface area contributed by atoms with Gasteiger partial charge in [0.15, 0.2) is 0 Å². The van der Waals surface area contributed by atoms with E-state index in [-0.39, 0.29) is 6.10 Å². The normalized spacial score (nSPS) is 24.2. The molecule has 0 aliphatic carbocycles. The number of nitrogens with one attached hydrogen (secondary N) is 1. The van der Waals surface area contributed by atoms with Crippen molar-refractivity contribution < 1.29 is 14.2 Å². The van der Waals surface area contributed by atoms with E-state index in [1.54, 1.807) is 14.2 Å². The number of hydrogen-bond donors (Lipinski definition) is 1. The monoisotopic (exact) mass is 260 g/mol. The smallest absolute Gasteiger partial charge is 0.0852 e. The van der Waals surface area contributed by atoms with Gasteiger partial charge in [-0.25, -0.2) is 0 Å². The molecule has 0 aromatic rings. The van der Waals surface area contributed by atoms with Crippen LogP contribution in [0.15, 0.2) is 0 Å². The fraction of sp³-hybridized carbons (Fsp3) is 1.00. The highest BCUT2D eigenvalue weighted by molar-refractivity contribution is 4.83. The summed E-state index contributed by atoms with van der Waals surface area (Å²) in [5.74, 6) is 0. The molecule has 108 valence electrons. The highest BCUT2D eigenvalue weighted by Gasteiger charge is 2.28. The zero-order valence-corrected chi connectivity index (χ0v) is 12.1. The van der Waals surface area contributed by atoms with Gasteiger partial charge in [0.2, 0.25) is 0 Å². The lowest BCUT2D eigenvalue weighted by molar-refractivity contribution is -0.0489. The Morgan fingerprint density at radius 3 is 2.67 bits per heavy atom. The predicted octanol–water partition coefficient (Wildman–Crippen LogP) is 0.347. The van der Waals surface area contributed by atoms with Crippen molar-refractivity contribution in [2.75, 3.05) is 53.7 Å². The average Bonchev–Trinajstić information content (AvgIpc) is 2.40. The first kappa shape index (κ1) is 15.9. The third kappa shape index (κ3) is 4.82. The molecule has 1 fully saturated rings. The maximum atomic E-state index is 5.84. The largest absolute Gasteiger partial charge is 0.383 e. The number of rotatable bonds is 8. The molecule has 1 aliphatic rings. The number of morpholine rings is 1. The summed E-state index contributed by atoms with van der Waals surface area (Å²) in [6.07, 6.45) is 0.245. The second-order valence-electron chi connectivity index (χ2n) is 4.89. The van der Waals surface area contributed by atoms with E-state index in [1.165, 1.54) is 0 Å². The number of methoxy groups -OCH3 is 2. The van der Waals surface area contributed by atoms with E-state index in [0.717, 1.165) is 39.5 Å². The lowest BCUT2D eigenvalue weighted by Crippen LogP contribution is -2.54. The second-order valence-corrected chi connectivity index (χ2v) is 4.89. The van der Waals surface area contributed by atoms with Crippen LogP contribution in [-0.2, 0) is 14.2 Å². The summed E-state index contributed by atoms with van der Waals surface area (Å²) < 4.78 is 16.3. The SMILES string of the molecule is COCCN(C(C)COC)C(C)C1CNCCO1. The quantitative estimate of drug-likeness (QED) is 0.682. The molecule has 1 N–H and O–H groups in total. The van der Waals surface area contributed by atoms with E-state index in [2.05, 4.69) is 24.1 Å². The van der Waals surface area contributed by atoms with Crippen LogP contribution in [0.1, 0.15) is 13.8 Å². The summed E-state index contributed by atoms with van der Waals surface area (Å²) in [6, 6.07) is 0.726. The van der Waals surface area contributed by atoms with Gasteiger partial charge in [-0.1, -0.05) is 0 Å². The molecule has 5 nitrogen and oxygen atoms in total. The van der Waals surface area contributed by atoms with Crippen molar-refractivity contribution in [2.45, 2.75) is 32.0 Å². The molecular weight excluding hydrogens is 232 g/mol. The van der Waals surface area contributed by atoms with Crippen LogP contribution in [0.5, 0.6) is 0 Å². The van der Waals surface area contributed by atoms with Crippen molar-refractivity contribution in [3.05, 3.63) is 0 Å². The van der Waals surface area contributed by atoms with Gasteiger partial charge in [0.25, 0.3) is 0 Å². The van der Waals surface area contributed by atoms with Gasteiger partial charge in [0.1, 0.15) is 0 Å². The predicted molar refractivity (Wildman–Crippen MR) is 72.0 cm³/mol. The molecule has 3 unspecified atom stereocenters. The zero-order valence-electron chi connectivity index (χ0n) is 12.1. The van der Waals surface area contributed by atoms with E-state index in [0.29, 0.717) is 12.1 Å². The Morgan fingerprint density at radius 1 is 1.33 bits per heavy atom. The van der Waals surface area contributed by atoms with Crippen molar-refractivity contribution in [2.24, 2.45) is 0 Å². The fourth-order valence-corrected chi connectivity index (χ4v) is 2.47. The van der Waals surface area contributed by atoms with Crippen LogP contribution in [0.25, 0.3) is 0 Å². The lowest BCUT2D eigenvalue weighted by atomic mass is 10.1. The standard InChI is InChI=1S/C13H28N2O3/c1-11(10-17-4)15(6-8-16-3)12(2)13-9-14-5-7-18-13/h11-14H,5-10H2,1-4H3. The van der Waals surface area contributed by atoms with Crippen molar-refractivity contribution in [3.63, 3.8) is 0 Å². The van der Waals surface area contributed by atoms with E-state index in [9.17, 15) is 0 Å². The van der Waals surface area contributed by atoms with Gasteiger partial charge >= 0.3 is 0 Å². The molecule has 0 aromatic carbocycles. The molecule has 0 radical (unpaired) electrons. The summed E-state index contributed by atoms with van der Waals surface area (Å²) >= 11 is 0. The molecule has 0 amide bonds. The molecule has 0 spiro atoms. The van der Waals surface area contributed by atoms with Gasteiger partial charge in [0, 0.05) is 45.9 Å². The lowest BCUT2D eigenvalue weighted by Gasteiger charge is -2.39. The van der Waals surface area contributed by atoms with Crippen LogP contribution in [0.3, 0.4) is 0 Å². The third-order valence-electron chi connectivity index (χ3n) is 3.55. The average molecular weight is 260 g/mol. The second kappa shape index (κ2) is 8.82. The van der Waals surface area contributed by atoms with Crippen LogP contribution in [0.2, 0.25) is 0 Å². The minimum absolute atomic E-state index is 0.245. The summed E-state index contributed by atoms with van der Waals surface area (Å²) in [7, 11) is 3.48. The first-order valence-corrected chi connectivity index (χ1v) is 6.76. The van der Waals surface area contributed by atoms with Crippen LogP contribution in [0.4, 0.5) is 0 Å². The van der Waals surface area contributed by atoms with Crippen molar-refractivity contribution in [3.8, 4) is 0 Å². The molecule has 5 heteroatoms. The fourth-order valence-electron chi connectivity index (χ4n) is 2.47. The molecule has 1 saturated heterocycles. The van der Waals surface area contributed by atoms with Gasteiger partial charge in [-0.15, -0.1) is 0 Å². The van der Waals surface area contributed by atoms with Crippen molar-refractivity contribution >= 4 is 0 Å². The Bertz CT molecular complexity index is 210. The topological polar surface area (TPSA) is 43.0 Å². The molecule has 0 aromatic heterocycles. The first-order chi connectivity index (χ1) is 8.70. The maximum Gasteiger partial charge on any atom is 0.0852 e. The van der Waals surface area contributed by atoms with Gasteiger partial charge in [-0.3, -0.25) is 4.90 Å². The van der Waals surface area contributed by atoms with E-state index in [1.807, 2.05) is 0 Å². The van der Waals surface area contributed by atoms with Gasteiger partial charge in [0.05, 0.1) is 25.9 Å². The molecule has 3 atom stereocenters. The zero-order chi connectivity index (χ0) is 13.4. The Labute approximate surface area is 111 Å². The molecule has 1 rings (SSSR count).